The molecule has 3 aromatic rings. The molecule has 5 rings (SSSR count). The quantitative estimate of drug-likeness (QED) is 0.469. The van der Waals surface area contributed by atoms with Gasteiger partial charge in [0.1, 0.15) is 17.2 Å². The molecule has 1 unspecified atom stereocenters. The molecule has 0 amide bonds. The van der Waals surface area contributed by atoms with Gasteiger partial charge in [-0.1, -0.05) is 6.07 Å². The second-order valence-corrected chi connectivity index (χ2v) is 9.09. The third kappa shape index (κ3) is 4.22. The number of fused-ring (bicyclic) bond motifs is 1. The first-order valence-electron chi connectivity index (χ1n) is 11.8. The summed E-state index contributed by atoms with van der Waals surface area (Å²) in [4.78, 5) is 2.43. The molecule has 2 fully saturated rings. The summed E-state index contributed by atoms with van der Waals surface area (Å²) in [5.41, 5.74) is 4.89. The molecule has 1 aliphatic carbocycles. The Labute approximate surface area is 195 Å². The van der Waals surface area contributed by atoms with E-state index < -0.39 is 0 Å². The van der Waals surface area contributed by atoms with Gasteiger partial charge in [0.25, 0.3) is 5.88 Å². The van der Waals surface area contributed by atoms with Crippen molar-refractivity contribution in [2.45, 2.75) is 38.7 Å². The highest BCUT2D eigenvalue weighted by molar-refractivity contribution is 5.84. The van der Waals surface area contributed by atoms with Crippen molar-refractivity contribution in [3.8, 4) is 28.6 Å². The normalized spacial score (nSPS) is 18.0. The molecule has 1 saturated carbocycles. The number of aromatic nitrogens is 2. The topological polar surface area (TPSA) is 57.5 Å². The van der Waals surface area contributed by atoms with Crippen molar-refractivity contribution >= 4 is 11.2 Å². The third-order valence-electron chi connectivity index (χ3n) is 6.64. The van der Waals surface area contributed by atoms with Gasteiger partial charge in [0, 0.05) is 19.7 Å². The number of hydrogen-bond donors (Lipinski definition) is 0. The van der Waals surface area contributed by atoms with Crippen LogP contribution >= 0.6 is 0 Å². The van der Waals surface area contributed by atoms with Crippen LogP contribution in [-0.4, -0.2) is 56.7 Å². The fourth-order valence-electron chi connectivity index (χ4n) is 4.86. The van der Waals surface area contributed by atoms with Crippen LogP contribution in [0.3, 0.4) is 0 Å². The van der Waals surface area contributed by atoms with Gasteiger partial charge in [-0.15, -0.1) is 5.10 Å². The molecular formula is C26H33N3O4. The second kappa shape index (κ2) is 9.14. The van der Waals surface area contributed by atoms with Crippen LogP contribution in [0, 0.1) is 12.8 Å². The van der Waals surface area contributed by atoms with Crippen molar-refractivity contribution in [3.05, 3.63) is 35.9 Å². The van der Waals surface area contributed by atoms with Crippen LogP contribution < -0.4 is 19.1 Å². The number of aryl methyl sites for hydroxylation is 1. The molecule has 7 nitrogen and oxygen atoms in total. The zero-order chi connectivity index (χ0) is 22.9. The van der Waals surface area contributed by atoms with E-state index in [0.717, 1.165) is 78.0 Å². The van der Waals surface area contributed by atoms with E-state index in [-0.39, 0.29) is 6.10 Å². The van der Waals surface area contributed by atoms with Crippen molar-refractivity contribution in [2.24, 2.45) is 5.92 Å². The van der Waals surface area contributed by atoms with Crippen LogP contribution in [0.2, 0.25) is 0 Å². The van der Waals surface area contributed by atoms with Crippen molar-refractivity contribution in [1.29, 1.82) is 0 Å². The summed E-state index contributed by atoms with van der Waals surface area (Å²) in [6.07, 6.45) is 5.06. The smallest absolute Gasteiger partial charge is 0.257 e. The predicted octanol–water partition coefficient (Wildman–Crippen LogP) is 4.73. The first kappa shape index (κ1) is 21.9. The number of rotatable bonds is 9. The number of ether oxygens (including phenoxy) is 4. The molecule has 3 heterocycles. The highest BCUT2D eigenvalue weighted by Crippen LogP contribution is 2.43. The lowest BCUT2D eigenvalue weighted by molar-refractivity contribution is 0.115. The Morgan fingerprint density at radius 3 is 2.39 bits per heavy atom. The maximum absolute atomic E-state index is 5.99. The molecule has 2 aliphatic rings. The standard InChI is InChI=1S/C26H33N3O4/c1-17-13-22(30-2)24(23(14-17)31-3)20-8-5-9-21-25(26(32-4)27-29(20)21)28(15-18-10-11-18)16-19-7-6-12-33-19/h5,8-9,13-14,18-19H,6-7,10-12,15-16H2,1-4H3. The van der Waals surface area contributed by atoms with E-state index in [1.54, 1.807) is 21.3 Å². The second-order valence-electron chi connectivity index (χ2n) is 9.09. The molecule has 0 bridgehead atoms. The summed E-state index contributed by atoms with van der Waals surface area (Å²) >= 11 is 0. The zero-order valence-corrected chi connectivity index (χ0v) is 20.0. The van der Waals surface area contributed by atoms with E-state index in [1.165, 1.54) is 12.8 Å². The molecule has 1 aliphatic heterocycles. The highest BCUT2D eigenvalue weighted by Gasteiger charge is 2.31. The van der Waals surface area contributed by atoms with E-state index in [4.69, 9.17) is 24.0 Å². The number of pyridine rings is 1. The summed E-state index contributed by atoms with van der Waals surface area (Å²) in [6.45, 7) is 4.74. The summed E-state index contributed by atoms with van der Waals surface area (Å²) in [5, 5.41) is 4.90. The maximum Gasteiger partial charge on any atom is 0.257 e. The Kier molecular flexibility index (Phi) is 6.06. The summed E-state index contributed by atoms with van der Waals surface area (Å²) in [6, 6.07) is 10.3. The van der Waals surface area contributed by atoms with Crippen LogP contribution in [0.5, 0.6) is 17.4 Å². The van der Waals surface area contributed by atoms with Crippen LogP contribution in [-0.2, 0) is 4.74 Å². The number of hydrogen-bond acceptors (Lipinski definition) is 6. The van der Waals surface area contributed by atoms with Crippen LogP contribution in [0.15, 0.2) is 30.3 Å². The molecular weight excluding hydrogens is 418 g/mol. The van der Waals surface area contributed by atoms with Crippen LogP contribution in [0.25, 0.3) is 16.8 Å². The fraction of sp³-hybridized carbons (Fsp3) is 0.500. The molecule has 0 radical (unpaired) electrons. The minimum absolute atomic E-state index is 0.254. The Morgan fingerprint density at radius 1 is 1.03 bits per heavy atom. The first-order valence-corrected chi connectivity index (χ1v) is 11.8. The third-order valence-corrected chi connectivity index (χ3v) is 6.64. The molecule has 1 saturated heterocycles. The summed E-state index contributed by atoms with van der Waals surface area (Å²) in [7, 11) is 5.07. The van der Waals surface area contributed by atoms with Gasteiger partial charge in [-0.3, -0.25) is 0 Å². The predicted molar refractivity (Wildman–Crippen MR) is 129 cm³/mol. The Balaban J connectivity index is 1.66. The van der Waals surface area contributed by atoms with Crippen LogP contribution in [0.1, 0.15) is 31.2 Å². The molecule has 2 aromatic heterocycles. The molecule has 176 valence electrons. The lowest BCUT2D eigenvalue weighted by Crippen LogP contribution is -2.34. The fourth-order valence-corrected chi connectivity index (χ4v) is 4.86. The number of anilines is 1. The SMILES string of the molecule is COc1cc(C)cc(OC)c1-c1cccc2c(N(CC3CC3)CC3CCCO3)c(OC)nn12. The molecule has 1 atom stereocenters. The Morgan fingerprint density at radius 2 is 1.79 bits per heavy atom. The van der Waals surface area contributed by atoms with E-state index in [1.807, 2.05) is 29.6 Å². The van der Waals surface area contributed by atoms with Gasteiger partial charge in [0.2, 0.25) is 0 Å². The maximum atomic E-state index is 5.99. The van der Waals surface area contributed by atoms with Crippen molar-refractivity contribution in [2.75, 3.05) is 45.9 Å². The zero-order valence-electron chi connectivity index (χ0n) is 20.0. The molecule has 1 aromatic carbocycles. The minimum atomic E-state index is 0.254. The van der Waals surface area contributed by atoms with Crippen LogP contribution in [0.4, 0.5) is 5.69 Å². The largest absolute Gasteiger partial charge is 0.496 e. The summed E-state index contributed by atoms with van der Waals surface area (Å²) < 4.78 is 25.3. The number of benzene rings is 1. The van der Waals surface area contributed by atoms with E-state index in [0.29, 0.717) is 5.88 Å². The van der Waals surface area contributed by atoms with Gasteiger partial charge in [0.15, 0.2) is 0 Å². The average Bonchev–Trinajstić information content (AvgIpc) is 3.34. The van der Waals surface area contributed by atoms with E-state index in [9.17, 15) is 0 Å². The van der Waals surface area contributed by atoms with Gasteiger partial charge >= 0.3 is 0 Å². The van der Waals surface area contributed by atoms with Gasteiger partial charge in [-0.05, 0) is 68.4 Å². The van der Waals surface area contributed by atoms with E-state index >= 15 is 0 Å². The number of nitrogens with zero attached hydrogens (tertiary/aromatic N) is 3. The monoisotopic (exact) mass is 451 g/mol. The molecule has 0 spiro atoms. The summed E-state index contributed by atoms with van der Waals surface area (Å²) in [5.74, 6) is 2.87. The Hall–Kier alpha value is -2.93. The van der Waals surface area contributed by atoms with Crippen molar-refractivity contribution in [1.82, 2.24) is 9.61 Å². The van der Waals surface area contributed by atoms with Gasteiger partial charge in [-0.25, -0.2) is 4.52 Å². The van der Waals surface area contributed by atoms with Gasteiger partial charge < -0.3 is 23.8 Å². The minimum Gasteiger partial charge on any atom is -0.496 e. The lowest BCUT2D eigenvalue weighted by Gasteiger charge is -2.27. The Bertz CT molecular complexity index is 1110. The molecule has 33 heavy (non-hydrogen) atoms. The first-order chi connectivity index (χ1) is 16.1. The van der Waals surface area contributed by atoms with Gasteiger partial charge in [0.05, 0.1) is 44.2 Å². The highest BCUT2D eigenvalue weighted by atomic mass is 16.5. The molecule has 7 heteroatoms. The lowest BCUT2D eigenvalue weighted by atomic mass is 10.1. The van der Waals surface area contributed by atoms with Crippen molar-refractivity contribution < 1.29 is 18.9 Å². The van der Waals surface area contributed by atoms with Crippen molar-refractivity contribution in [3.63, 3.8) is 0 Å². The van der Waals surface area contributed by atoms with Gasteiger partial charge in [-0.2, -0.15) is 0 Å². The van der Waals surface area contributed by atoms with E-state index in [2.05, 4.69) is 17.0 Å². The molecule has 0 N–H and O–H groups in total. The number of methoxy groups -OCH3 is 3. The average molecular weight is 452 g/mol.